The Morgan fingerprint density at radius 3 is 2.06 bits per heavy atom. The minimum atomic E-state index is -3.91. The lowest BCUT2D eigenvalue weighted by Gasteiger charge is -2.30. The molecule has 1 saturated heterocycles. The second-order valence-corrected chi connectivity index (χ2v) is 12.5. The van der Waals surface area contributed by atoms with E-state index >= 15 is 0 Å². The molecule has 1 heterocycles. The summed E-state index contributed by atoms with van der Waals surface area (Å²) in [6, 6.07) is 13.3. The average molecular weight is 490 g/mol. The molecule has 0 radical (unpaired) electrons. The van der Waals surface area contributed by atoms with Gasteiger partial charge in [0.05, 0.1) is 16.9 Å². The fourth-order valence-electron chi connectivity index (χ4n) is 4.55. The molecule has 5 nitrogen and oxygen atoms in total. The number of hydrogen-bond acceptors (Lipinski definition) is 4. The Balaban J connectivity index is 2.15. The van der Waals surface area contributed by atoms with E-state index in [0.29, 0.717) is 12.3 Å². The highest BCUT2D eigenvalue weighted by Gasteiger charge is 2.56. The molecule has 1 aliphatic rings. The van der Waals surface area contributed by atoms with Crippen LogP contribution in [0.25, 0.3) is 0 Å². The SMILES string of the molecule is CC[C@@H]1[C@@H](SCCC(C)C)[C@@H](C(=O)O)[C@H](c2ccc(C)cc2)N1S(=O)(=O)c1ccc(C)cc1. The van der Waals surface area contributed by atoms with Crippen molar-refractivity contribution in [2.45, 2.75) is 69.7 Å². The standard InChI is InChI=1S/C26H35NO4S2/c1-6-22-25(32-16-15-17(2)3)23(26(28)29)24(20-11-7-18(4)8-12-20)27(22)33(30,31)21-13-9-19(5)10-14-21/h7-14,17,22-25H,6,15-16H2,1-5H3,(H,28,29)/t22-,23+,24+,25-/m1/s1. The number of carboxylic acid groups (broad SMARTS) is 1. The zero-order valence-electron chi connectivity index (χ0n) is 20.1. The number of nitrogens with zero attached hydrogens (tertiary/aromatic N) is 1. The summed E-state index contributed by atoms with van der Waals surface area (Å²) in [5.41, 5.74) is 2.75. The van der Waals surface area contributed by atoms with Crippen LogP contribution >= 0.6 is 11.8 Å². The molecule has 0 spiro atoms. The molecular formula is C26H35NO4S2. The van der Waals surface area contributed by atoms with Crippen molar-refractivity contribution in [1.29, 1.82) is 0 Å². The Kier molecular flexibility index (Phi) is 8.30. The van der Waals surface area contributed by atoms with Gasteiger partial charge in [-0.3, -0.25) is 4.79 Å². The molecule has 0 saturated carbocycles. The first-order valence-corrected chi connectivity index (χ1v) is 14.1. The molecular weight excluding hydrogens is 454 g/mol. The summed E-state index contributed by atoms with van der Waals surface area (Å²) in [7, 11) is -3.91. The normalized spacial score (nSPS) is 23.8. The number of sulfonamides is 1. The minimum Gasteiger partial charge on any atom is -0.481 e. The summed E-state index contributed by atoms with van der Waals surface area (Å²) in [5, 5.41) is 10.0. The van der Waals surface area contributed by atoms with Crippen molar-refractivity contribution < 1.29 is 18.3 Å². The van der Waals surface area contributed by atoms with E-state index in [-0.39, 0.29) is 10.1 Å². The molecule has 1 N–H and O–H groups in total. The topological polar surface area (TPSA) is 74.7 Å². The number of thioether (sulfide) groups is 1. The first-order chi connectivity index (χ1) is 15.6. The Hall–Kier alpha value is -1.83. The van der Waals surface area contributed by atoms with E-state index in [9.17, 15) is 18.3 Å². The molecule has 2 aromatic carbocycles. The van der Waals surface area contributed by atoms with E-state index < -0.39 is 34.0 Å². The molecule has 3 rings (SSSR count). The van der Waals surface area contributed by atoms with Crippen LogP contribution in [0.3, 0.4) is 0 Å². The van der Waals surface area contributed by atoms with Gasteiger partial charge in [-0.2, -0.15) is 16.1 Å². The molecule has 0 bridgehead atoms. The fraction of sp³-hybridized carbons (Fsp3) is 0.500. The maximum Gasteiger partial charge on any atom is 0.309 e. The molecule has 1 fully saturated rings. The van der Waals surface area contributed by atoms with Crippen LogP contribution < -0.4 is 0 Å². The van der Waals surface area contributed by atoms with Crippen molar-refractivity contribution in [1.82, 2.24) is 4.31 Å². The highest BCUT2D eigenvalue weighted by molar-refractivity contribution is 8.00. The largest absolute Gasteiger partial charge is 0.481 e. The van der Waals surface area contributed by atoms with Gasteiger partial charge >= 0.3 is 5.97 Å². The van der Waals surface area contributed by atoms with Crippen LogP contribution in [0, 0.1) is 25.7 Å². The Bertz CT molecular complexity index is 1050. The Morgan fingerprint density at radius 1 is 1.03 bits per heavy atom. The molecule has 0 aliphatic carbocycles. The van der Waals surface area contributed by atoms with Crippen LogP contribution in [0.4, 0.5) is 0 Å². The summed E-state index contributed by atoms with van der Waals surface area (Å²) >= 11 is 1.61. The second-order valence-electron chi connectivity index (χ2n) is 9.36. The Morgan fingerprint density at radius 2 is 1.58 bits per heavy atom. The van der Waals surface area contributed by atoms with Gasteiger partial charge in [0.15, 0.2) is 0 Å². The monoisotopic (exact) mass is 489 g/mol. The van der Waals surface area contributed by atoms with E-state index in [1.54, 1.807) is 36.0 Å². The van der Waals surface area contributed by atoms with Crippen LogP contribution in [0.2, 0.25) is 0 Å². The predicted octanol–water partition coefficient (Wildman–Crippen LogP) is 5.68. The average Bonchev–Trinajstić information content (AvgIpc) is 3.09. The Labute approximate surface area is 202 Å². The van der Waals surface area contributed by atoms with Gasteiger partial charge < -0.3 is 5.11 Å². The quantitative estimate of drug-likeness (QED) is 0.491. The van der Waals surface area contributed by atoms with E-state index in [2.05, 4.69) is 13.8 Å². The van der Waals surface area contributed by atoms with Gasteiger partial charge in [0, 0.05) is 11.3 Å². The van der Waals surface area contributed by atoms with Gasteiger partial charge in [0.25, 0.3) is 0 Å². The summed E-state index contributed by atoms with van der Waals surface area (Å²) in [6.07, 6.45) is 1.51. The number of rotatable bonds is 9. The summed E-state index contributed by atoms with van der Waals surface area (Å²) < 4.78 is 29.5. The fourth-order valence-corrected chi connectivity index (χ4v) is 8.44. The molecule has 0 aromatic heterocycles. The van der Waals surface area contributed by atoms with Gasteiger partial charge in [-0.1, -0.05) is 68.3 Å². The number of carboxylic acids is 1. The number of benzene rings is 2. The highest BCUT2D eigenvalue weighted by atomic mass is 32.2. The van der Waals surface area contributed by atoms with E-state index in [4.69, 9.17) is 0 Å². The minimum absolute atomic E-state index is 0.209. The van der Waals surface area contributed by atoms with Crippen molar-refractivity contribution in [2.75, 3.05) is 5.75 Å². The lowest BCUT2D eigenvalue weighted by molar-refractivity contribution is -0.142. The molecule has 33 heavy (non-hydrogen) atoms. The molecule has 4 atom stereocenters. The molecule has 2 aromatic rings. The third-order valence-corrected chi connectivity index (χ3v) is 9.78. The number of aryl methyl sites for hydroxylation is 2. The zero-order valence-corrected chi connectivity index (χ0v) is 21.7. The molecule has 0 amide bonds. The highest BCUT2D eigenvalue weighted by Crippen LogP contribution is 2.50. The summed E-state index contributed by atoms with van der Waals surface area (Å²) in [4.78, 5) is 12.8. The van der Waals surface area contributed by atoms with Crippen LogP contribution in [-0.4, -0.2) is 40.8 Å². The van der Waals surface area contributed by atoms with Gasteiger partial charge in [0.2, 0.25) is 10.0 Å². The first-order valence-electron chi connectivity index (χ1n) is 11.6. The lowest BCUT2D eigenvalue weighted by Crippen LogP contribution is -2.39. The van der Waals surface area contributed by atoms with Crippen molar-refractivity contribution in [3.8, 4) is 0 Å². The number of hydrogen-bond donors (Lipinski definition) is 1. The third-order valence-electron chi connectivity index (χ3n) is 6.40. The van der Waals surface area contributed by atoms with Gasteiger partial charge in [-0.25, -0.2) is 8.42 Å². The molecule has 1 aliphatic heterocycles. The first kappa shape index (κ1) is 25.8. The predicted molar refractivity (Wildman–Crippen MR) is 135 cm³/mol. The van der Waals surface area contributed by atoms with Crippen LogP contribution in [0.5, 0.6) is 0 Å². The zero-order chi connectivity index (χ0) is 24.3. The summed E-state index contributed by atoms with van der Waals surface area (Å²) in [6.45, 7) is 10.1. The maximum absolute atomic E-state index is 14.0. The van der Waals surface area contributed by atoms with Crippen LogP contribution in [-0.2, 0) is 14.8 Å². The smallest absolute Gasteiger partial charge is 0.309 e. The van der Waals surface area contributed by atoms with E-state index in [1.165, 1.54) is 4.31 Å². The van der Waals surface area contributed by atoms with Gasteiger partial charge in [-0.05, 0) is 56.1 Å². The third kappa shape index (κ3) is 5.47. The van der Waals surface area contributed by atoms with E-state index in [0.717, 1.165) is 28.9 Å². The molecule has 0 unspecified atom stereocenters. The van der Waals surface area contributed by atoms with Gasteiger partial charge in [0.1, 0.15) is 0 Å². The van der Waals surface area contributed by atoms with Crippen LogP contribution in [0.1, 0.15) is 56.3 Å². The van der Waals surface area contributed by atoms with E-state index in [1.807, 2.05) is 45.0 Å². The number of aliphatic carboxylic acids is 1. The summed E-state index contributed by atoms with van der Waals surface area (Å²) in [5.74, 6) is -0.456. The molecule has 180 valence electrons. The second kappa shape index (κ2) is 10.6. The maximum atomic E-state index is 14.0. The molecule has 7 heteroatoms. The van der Waals surface area contributed by atoms with Crippen molar-refractivity contribution >= 4 is 27.8 Å². The van der Waals surface area contributed by atoms with Gasteiger partial charge in [-0.15, -0.1) is 0 Å². The van der Waals surface area contributed by atoms with Crippen LogP contribution in [0.15, 0.2) is 53.4 Å². The van der Waals surface area contributed by atoms with Crippen molar-refractivity contribution in [3.05, 3.63) is 65.2 Å². The lowest BCUT2D eigenvalue weighted by atomic mass is 9.92. The van der Waals surface area contributed by atoms with Crippen molar-refractivity contribution in [3.63, 3.8) is 0 Å². The van der Waals surface area contributed by atoms with Crippen molar-refractivity contribution in [2.24, 2.45) is 11.8 Å². The number of carbonyl (C=O) groups is 1.